The number of rotatable bonds is 6. The Labute approximate surface area is 156 Å². The average molecular weight is 369 g/mol. The molecule has 0 unspecified atom stereocenters. The number of ether oxygens (including phenoxy) is 4. The molecule has 2 aromatic carbocycles. The highest BCUT2D eigenvalue weighted by atomic mass is 16.6. The Hall–Kier alpha value is -3.48. The molecule has 1 amide bonds. The zero-order valence-electron chi connectivity index (χ0n) is 14.7. The van der Waals surface area contributed by atoms with Gasteiger partial charge < -0.3 is 24.3 Å². The summed E-state index contributed by atoms with van der Waals surface area (Å²) in [5.41, 5.74) is 0.555. The summed E-state index contributed by atoms with van der Waals surface area (Å²) < 4.78 is 20.9. The first kappa shape index (κ1) is 18.3. The van der Waals surface area contributed by atoms with E-state index in [4.69, 9.17) is 18.9 Å². The summed E-state index contributed by atoms with van der Waals surface area (Å²) >= 11 is 0. The average Bonchev–Trinajstić information content (AvgIpc) is 2.71. The number of esters is 1. The van der Waals surface area contributed by atoms with Crippen LogP contribution in [0, 0.1) is 0 Å². The molecule has 0 fully saturated rings. The fraction of sp³-hybridized carbons (Fsp3) is 0.200. The number of carbonyl (C=O) groups excluding carboxylic acids is 2. The van der Waals surface area contributed by atoms with Crippen molar-refractivity contribution in [3.05, 3.63) is 66.6 Å². The van der Waals surface area contributed by atoms with Gasteiger partial charge in [-0.05, 0) is 43.3 Å². The second-order valence-corrected chi connectivity index (χ2v) is 5.68. The van der Waals surface area contributed by atoms with Crippen molar-refractivity contribution in [1.29, 1.82) is 0 Å². The van der Waals surface area contributed by atoms with Crippen molar-refractivity contribution in [3.63, 3.8) is 0 Å². The van der Waals surface area contributed by atoms with Crippen LogP contribution in [-0.2, 0) is 23.8 Å². The molecule has 2 aromatic rings. The molecule has 7 nitrogen and oxygen atoms in total. The van der Waals surface area contributed by atoms with Crippen LogP contribution in [0.25, 0.3) is 0 Å². The summed E-state index contributed by atoms with van der Waals surface area (Å²) in [4.78, 5) is 24.1. The number of para-hydroxylation sites is 1. The fourth-order valence-electron chi connectivity index (χ4n) is 2.22. The Kier molecular flexibility index (Phi) is 5.94. The Morgan fingerprint density at radius 1 is 1.00 bits per heavy atom. The molecule has 0 radical (unpaired) electrons. The minimum atomic E-state index is -0.996. The van der Waals surface area contributed by atoms with E-state index >= 15 is 0 Å². The molecule has 0 aromatic heterocycles. The molecule has 0 spiro atoms. The second-order valence-electron chi connectivity index (χ2n) is 5.68. The number of hydrogen-bond donors (Lipinski definition) is 1. The van der Waals surface area contributed by atoms with E-state index in [1.807, 2.05) is 30.3 Å². The minimum Gasteiger partial charge on any atom is -0.493 e. The quantitative estimate of drug-likeness (QED) is 0.787. The maximum Gasteiger partial charge on any atom is 0.377 e. The molecule has 0 aliphatic carbocycles. The van der Waals surface area contributed by atoms with Gasteiger partial charge in [0, 0.05) is 5.69 Å². The van der Waals surface area contributed by atoms with E-state index in [1.165, 1.54) is 13.2 Å². The molecule has 3 rings (SSSR count). The molecule has 0 saturated carbocycles. The number of nitrogens with one attached hydrogen (secondary N) is 1. The molecule has 0 bridgehead atoms. The Morgan fingerprint density at radius 3 is 2.37 bits per heavy atom. The standard InChI is InChI=1S/C20H19NO6/c1-14(26-20(23)18-13-24-11-12-25-18)19(22)21-15-7-9-17(10-8-15)27-16-5-3-2-4-6-16/h2-10,13-14H,11-12H2,1H3,(H,21,22)/t14-/m0/s1. The predicted octanol–water partition coefficient (Wildman–Crippen LogP) is 3.24. The van der Waals surface area contributed by atoms with Crippen LogP contribution in [0.2, 0.25) is 0 Å². The van der Waals surface area contributed by atoms with Gasteiger partial charge in [-0.15, -0.1) is 0 Å². The highest BCUT2D eigenvalue weighted by Crippen LogP contribution is 2.22. The largest absolute Gasteiger partial charge is 0.493 e. The van der Waals surface area contributed by atoms with Gasteiger partial charge in [-0.2, -0.15) is 0 Å². The highest BCUT2D eigenvalue weighted by Gasteiger charge is 2.23. The summed E-state index contributed by atoms with van der Waals surface area (Å²) in [5, 5.41) is 2.68. The number of hydrogen-bond acceptors (Lipinski definition) is 6. The van der Waals surface area contributed by atoms with Crippen LogP contribution in [0.5, 0.6) is 11.5 Å². The Bertz CT molecular complexity index is 816. The minimum absolute atomic E-state index is 0.0525. The first-order chi connectivity index (χ1) is 13.1. The molecule has 27 heavy (non-hydrogen) atoms. The van der Waals surface area contributed by atoms with Gasteiger partial charge in [0.2, 0.25) is 5.76 Å². The lowest BCUT2D eigenvalue weighted by atomic mass is 10.2. The lowest BCUT2D eigenvalue weighted by Crippen LogP contribution is -2.31. The molecule has 1 aliphatic rings. The van der Waals surface area contributed by atoms with Crippen LogP contribution in [0.15, 0.2) is 66.6 Å². The Morgan fingerprint density at radius 2 is 1.70 bits per heavy atom. The third-order valence-electron chi connectivity index (χ3n) is 3.60. The van der Waals surface area contributed by atoms with Gasteiger partial charge in [-0.3, -0.25) is 4.79 Å². The van der Waals surface area contributed by atoms with Crippen LogP contribution in [-0.4, -0.2) is 31.2 Å². The smallest absolute Gasteiger partial charge is 0.377 e. The van der Waals surface area contributed by atoms with Gasteiger partial charge in [0.05, 0.1) is 0 Å². The van der Waals surface area contributed by atoms with Crippen LogP contribution in [0.1, 0.15) is 6.92 Å². The summed E-state index contributed by atoms with van der Waals surface area (Å²) in [7, 11) is 0. The van der Waals surface area contributed by atoms with Crippen molar-refractivity contribution in [2.45, 2.75) is 13.0 Å². The van der Waals surface area contributed by atoms with Crippen LogP contribution in [0.3, 0.4) is 0 Å². The first-order valence-corrected chi connectivity index (χ1v) is 8.41. The van der Waals surface area contributed by atoms with Gasteiger partial charge in [0.1, 0.15) is 31.0 Å². The Balaban J connectivity index is 1.52. The van der Waals surface area contributed by atoms with Gasteiger partial charge >= 0.3 is 5.97 Å². The second kappa shape index (κ2) is 8.75. The summed E-state index contributed by atoms with van der Waals surface area (Å²) in [6.45, 7) is 2.11. The SMILES string of the molecule is C[C@H](OC(=O)C1=COCCO1)C(=O)Nc1ccc(Oc2ccccc2)cc1. The fourth-order valence-corrected chi connectivity index (χ4v) is 2.22. The molecule has 7 heteroatoms. The van der Waals surface area contributed by atoms with Crippen molar-refractivity contribution in [2.24, 2.45) is 0 Å². The van der Waals surface area contributed by atoms with Gasteiger partial charge in [-0.1, -0.05) is 18.2 Å². The zero-order chi connectivity index (χ0) is 19.1. The molecule has 140 valence electrons. The van der Waals surface area contributed by atoms with Crippen molar-refractivity contribution < 1.29 is 28.5 Å². The lowest BCUT2D eigenvalue weighted by Gasteiger charge is -2.17. The molecule has 0 saturated heterocycles. The molecular formula is C20H19NO6. The number of amides is 1. The van der Waals surface area contributed by atoms with E-state index in [-0.39, 0.29) is 12.4 Å². The predicted molar refractivity (Wildman–Crippen MR) is 97.1 cm³/mol. The van der Waals surface area contributed by atoms with E-state index in [9.17, 15) is 9.59 Å². The number of anilines is 1. The van der Waals surface area contributed by atoms with E-state index in [0.717, 1.165) is 5.75 Å². The van der Waals surface area contributed by atoms with Crippen LogP contribution >= 0.6 is 0 Å². The van der Waals surface area contributed by atoms with Crippen LogP contribution in [0.4, 0.5) is 5.69 Å². The van der Waals surface area contributed by atoms with Crippen molar-refractivity contribution in [3.8, 4) is 11.5 Å². The third kappa shape index (κ3) is 5.24. The highest BCUT2D eigenvalue weighted by molar-refractivity contribution is 5.96. The van der Waals surface area contributed by atoms with E-state index in [0.29, 0.717) is 18.0 Å². The van der Waals surface area contributed by atoms with E-state index in [1.54, 1.807) is 24.3 Å². The topological polar surface area (TPSA) is 83.1 Å². The zero-order valence-corrected chi connectivity index (χ0v) is 14.7. The monoisotopic (exact) mass is 369 g/mol. The van der Waals surface area contributed by atoms with Gasteiger partial charge in [0.25, 0.3) is 5.91 Å². The van der Waals surface area contributed by atoms with Crippen molar-refractivity contribution in [1.82, 2.24) is 0 Å². The molecule has 1 aliphatic heterocycles. The summed E-state index contributed by atoms with van der Waals surface area (Å²) in [6, 6.07) is 16.2. The summed E-state index contributed by atoms with van der Waals surface area (Å²) in [5.74, 6) is 0.0998. The molecule has 1 atom stereocenters. The maximum absolute atomic E-state index is 12.2. The number of carbonyl (C=O) groups is 2. The first-order valence-electron chi connectivity index (χ1n) is 8.41. The van der Waals surface area contributed by atoms with Crippen molar-refractivity contribution >= 4 is 17.6 Å². The molecule has 1 heterocycles. The summed E-state index contributed by atoms with van der Waals surface area (Å²) in [6.07, 6.45) is 0.186. The van der Waals surface area contributed by atoms with Gasteiger partial charge in [0.15, 0.2) is 6.10 Å². The van der Waals surface area contributed by atoms with Gasteiger partial charge in [-0.25, -0.2) is 4.79 Å². The normalized spacial score (nSPS) is 14.0. The molecule has 1 N–H and O–H groups in total. The van der Waals surface area contributed by atoms with Crippen LogP contribution < -0.4 is 10.1 Å². The third-order valence-corrected chi connectivity index (χ3v) is 3.60. The maximum atomic E-state index is 12.2. The van der Waals surface area contributed by atoms with E-state index < -0.39 is 18.0 Å². The number of benzene rings is 2. The lowest BCUT2D eigenvalue weighted by molar-refractivity contribution is -0.153. The van der Waals surface area contributed by atoms with E-state index in [2.05, 4.69) is 5.32 Å². The molecular weight excluding hydrogens is 350 g/mol. The van der Waals surface area contributed by atoms with Crippen molar-refractivity contribution in [2.75, 3.05) is 18.5 Å².